The summed E-state index contributed by atoms with van der Waals surface area (Å²) in [6, 6.07) is 5.70. The zero-order chi connectivity index (χ0) is 14.4. The number of aryl methyl sites for hydroxylation is 1. The van der Waals surface area contributed by atoms with Crippen molar-refractivity contribution >= 4 is 0 Å². The SMILES string of the molecule is CCNCc1cc(OC)ccc1OCc1nnc(C)o1. The molecule has 0 atom stereocenters. The third-order valence-corrected chi connectivity index (χ3v) is 2.75. The summed E-state index contributed by atoms with van der Waals surface area (Å²) in [5.41, 5.74) is 1.03. The lowest BCUT2D eigenvalue weighted by Gasteiger charge is -2.12. The number of aromatic nitrogens is 2. The first-order valence-corrected chi connectivity index (χ1v) is 6.52. The zero-order valence-electron chi connectivity index (χ0n) is 12.0. The fourth-order valence-electron chi connectivity index (χ4n) is 1.76. The van der Waals surface area contributed by atoms with E-state index in [9.17, 15) is 0 Å². The van der Waals surface area contributed by atoms with Crippen molar-refractivity contribution in [1.82, 2.24) is 15.5 Å². The number of hydrogen-bond acceptors (Lipinski definition) is 6. The van der Waals surface area contributed by atoms with E-state index in [2.05, 4.69) is 22.4 Å². The van der Waals surface area contributed by atoms with Crippen LogP contribution in [-0.4, -0.2) is 23.9 Å². The molecule has 1 aromatic carbocycles. The molecule has 0 amide bonds. The van der Waals surface area contributed by atoms with Crippen molar-refractivity contribution in [2.45, 2.75) is 27.0 Å². The minimum Gasteiger partial charge on any atom is -0.497 e. The quantitative estimate of drug-likeness (QED) is 0.835. The van der Waals surface area contributed by atoms with Crippen LogP contribution in [0.5, 0.6) is 11.5 Å². The summed E-state index contributed by atoms with van der Waals surface area (Å²) < 4.78 is 16.3. The summed E-state index contributed by atoms with van der Waals surface area (Å²) in [5, 5.41) is 10.9. The Morgan fingerprint density at radius 1 is 1.30 bits per heavy atom. The molecule has 0 radical (unpaired) electrons. The lowest BCUT2D eigenvalue weighted by molar-refractivity contribution is 0.257. The summed E-state index contributed by atoms with van der Waals surface area (Å²) >= 11 is 0. The monoisotopic (exact) mass is 277 g/mol. The molecule has 0 bridgehead atoms. The molecule has 1 N–H and O–H groups in total. The first-order chi connectivity index (χ1) is 9.72. The van der Waals surface area contributed by atoms with Crippen LogP contribution in [0, 0.1) is 6.92 Å². The maximum atomic E-state index is 5.74. The second-order valence-electron chi connectivity index (χ2n) is 4.26. The van der Waals surface area contributed by atoms with Crippen molar-refractivity contribution < 1.29 is 13.9 Å². The standard InChI is InChI=1S/C14H19N3O3/c1-4-15-8-11-7-12(18-3)5-6-13(11)19-9-14-17-16-10(2)20-14/h5-7,15H,4,8-9H2,1-3H3. The van der Waals surface area contributed by atoms with E-state index in [4.69, 9.17) is 13.9 Å². The summed E-state index contributed by atoms with van der Waals surface area (Å²) in [6.07, 6.45) is 0. The van der Waals surface area contributed by atoms with Crippen LogP contribution < -0.4 is 14.8 Å². The number of ether oxygens (including phenoxy) is 2. The predicted molar refractivity (Wildman–Crippen MR) is 73.7 cm³/mol. The molecule has 0 spiro atoms. The van der Waals surface area contributed by atoms with Gasteiger partial charge in [-0.2, -0.15) is 0 Å². The number of nitrogens with one attached hydrogen (secondary N) is 1. The van der Waals surface area contributed by atoms with Crippen LogP contribution in [0.4, 0.5) is 0 Å². The van der Waals surface area contributed by atoms with Gasteiger partial charge in [-0.05, 0) is 24.7 Å². The van der Waals surface area contributed by atoms with E-state index in [-0.39, 0.29) is 6.61 Å². The Kier molecular flexibility index (Phi) is 4.95. The van der Waals surface area contributed by atoms with Crippen molar-refractivity contribution in [3.05, 3.63) is 35.5 Å². The Hall–Kier alpha value is -2.08. The molecule has 0 aliphatic heterocycles. The van der Waals surface area contributed by atoms with E-state index in [1.54, 1.807) is 14.0 Å². The van der Waals surface area contributed by atoms with Crippen molar-refractivity contribution in [3.63, 3.8) is 0 Å². The summed E-state index contributed by atoms with van der Waals surface area (Å²) in [5.74, 6) is 2.58. The number of benzene rings is 1. The number of nitrogens with zero attached hydrogens (tertiary/aromatic N) is 2. The second kappa shape index (κ2) is 6.91. The van der Waals surface area contributed by atoms with Gasteiger partial charge in [-0.1, -0.05) is 6.92 Å². The van der Waals surface area contributed by atoms with Crippen molar-refractivity contribution in [2.75, 3.05) is 13.7 Å². The lowest BCUT2D eigenvalue weighted by atomic mass is 10.2. The average molecular weight is 277 g/mol. The van der Waals surface area contributed by atoms with Gasteiger partial charge in [0.25, 0.3) is 5.89 Å². The molecule has 0 aliphatic rings. The van der Waals surface area contributed by atoms with E-state index < -0.39 is 0 Å². The third-order valence-electron chi connectivity index (χ3n) is 2.75. The zero-order valence-corrected chi connectivity index (χ0v) is 12.0. The first kappa shape index (κ1) is 14.3. The number of methoxy groups -OCH3 is 1. The van der Waals surface area contributed by atoms with Crippen molar-refractivity contribution in [3.8, 4) is 11.5 Å². The van der Waals surface area contributed by atoms with Crippen LogP contribution in [0.15, 0.2) is 22.6 Å². The van der Waals surface area contributed by atoms with Gasteiger partial charge >= 0.3 is 0 Å². The number of hydrogen-bond donors (Lipinski definition) is 1. The van der Waals surface area contributed by atoms with Crippen LogP contribution in [0.25, 0.3) is 0 Å². The summed E-state index contributed by atoms with van der Waals surface area (Å²) in [6.45, 7) is 5.67. The first-order valence-electron chi connectivity index (χ1n) is 6.52. The highest BCUT2D eigenvalue weighted by Gasteiger charge is 2.08. The smallest absolute Gasteiger partial charge is 0.253 e. The fourth-order valence-corrected chi connectivity index (χ4v) is 1.76. The van der Waals surface area contributed by atoms with Gasteiger partial charge in [-0.25, -0.2) is 0 Å². The summed E-state index contributed by atoms with van der Waals surface area (Å²) in [4.78, 5) is 0. The Bertz CT molecular complexity index is 554. The largest absolute Gasteiger partial charge is 0.497 e. The summed E-state index contributed by atoms with van der Waals surface area (Å²) in [7, 11) is 1.65. The number of rotatable bonds is 7. The highest BCUT2D eigenvalue weighted by atomic mass is 16.5. The topological polar surface area (TPSA) is 69.4 Å². The normalized spacial score (nSPS) is 10.6. The Balaban J connectivity index is 2.08. The van der Waals surface area contributed by atoms with Crippen LogP contribution in [0.3, 0.4) is 0 Å². The molecule has 2 aromatic rings. The van der Waals surface area contributed by atoms with Gasteiger partial charge in [0, 0.05) is 19.0 Å². The lowest BCUT2D eigenvalue weighted by Crippen LogP contribution is -2.13. The fraction of sp³-hybridized carbons (Fsp3) is 0.429. The highest BCUT2D eigenvalue weighted by molar-refractivity contribution is 5.40. The van der Waals surface area contributed by atoms with Gasteiger partial charge in [-0.3, -0.25) is 0 Å². The minimum absolute atomic E-state index is 0.256. The van der Waals surface area contributed by atoms with E-state index in [1.807, 2.05) is 18.2 Å². The van der Waals surface area contributed by atoms with Gasteiger partial charge in [-0.15, -0.1) is 10.2 Å². The van der Waals surface area contributed by atoms with Gasteiger partial charge in [0.15, 0.2) is 6.61 Å². The van der Waals surface area contributed by atoms with E-state index in [0.29, 0.717) is 18.3 Å². The molecule has 0 fully saturated rings. The third kappa shape index (κ3) is 3.71. The van der Waals surface area contributed by atoms with Gasteiger partial charge in [0.2, 0.25) is 5.89 Å². The molecule has 108 valence electrons. The second-order valence-corrected chi connectivity index (χ2v) is 4.26. The molecule has 1 heterocycles. The average Bonchev–Trinajstić information content (AvgIpc) is 2.89. The van der Waals surface area contributed by atoms with Crippen LogP contribution in [0.2, 0.25) is 0 Å². The molecule has 1 aromatic heterocycles. The van der Waals surface area contributed by atoms with Crippen molar-refractivity contribution in [1.29, 1.82) is 0 Å². The molecular weight excluding hydrogens is 258 g/mol. The van der Waals surface area contributed by atoms with E-state index in [0.717, 1.165) is 23.6 Å². The molecule has 2 rings (SSSR count). The van der Waals surface area contributed by atoms with Crippen molar-refractivity contribution in [2.24, 2.45) is 0 Å². The molecule has 6 nitrogen and oxygen atoms in total. The van der Waals surface area contributed by atoms with E-state index in [1.165, 1.54) is 0 Å². The molecule has 0 unspecified atom stereocenters. The van der Waals surface area contributed by atoms with E-state index >= 15 is 0 Å². The van der Waals surface area contributed by atoms with Crippen LogP contribution in [-0.2, 0) is 13.2 Å². The van der Waals surface area contributed by atoms with Crippen LogP contribution >= 0.6 is 0 Å². The highest BCUT2D eigenvalue weighted by Crippen LogP contribution is 2.24. The molecule has 0 aliphatic carbocycles. The van der Waals surface area contributed by atoms with Gasteiger partial charge in [0.1, 0.15) is 11.5 Å². The van der Waals surface area contributed by atoms with Gasteiger partial charge < -0.3 is 19.2 Å². The Morgan fingerprint density at radius 3 is 2.80 bits per heavy atom. The maximum absolute atomic E-state index is 5.74. The predicted octanol–water partition coefficient (Wildman–Crippen LogP) is 2.08. The Morgan fingerprint density at radius 2 is 2.15 bits per heavy atom. The minimum atomic E-state index is 0.256. The molecule has 0 saturated carbocycles. The molecule has 20 heavy (non-hydrogen) atoms. The molecule has 0 saturated heterocycles. The van der Waals surface area contributed by atoms with Gasteiger partial charge in [0.05, 0.1) is 7.11 Å². The maximum Gasteiger partial charge on any atom is 0.253 e. The molecule has 6 heteroatoms. The molecular formula is C14H19N3O3. The van der Waals surface area contributed by atoms with Crippen LogP contribution in [0.1, 0.15) is 24.3 Å². The Labute approximate surface area is 118 Å².